The zero-order chi connectivity index (χ0) is 25.2. The molecule has 2 heterocycles. The smallest absolute Gasteiger partial charge is 0.260 e. The largest absolute Gasteiger partial charge is 0.497 e. The topological polar surface area (TPSA) is 83.0 Å². The molecule has 1 fully saturated rings. The molecular formula is C25H32N4O4S2. The van der Waals surface area contributed by atoms with Crippen LogP contribution in [-0.4, -0.2) is 75.9 Å². The lowest BCUT2D eigenvalue weighted by Gasteiger charge is -2.30. The number of benzene rings is 2. The van der Waals surface area contributed by atoms with Crippen LogP contribution in [0.15, 0.2) is 47.4 Å². The number of carbonyl (C=O) groups excluding carboxylic acids is 1. The van der Waals surface area contributed by atoms with Gasteiger partial charge in [-0.15, -0.1) is 0 Å². The number of hydrogen-bond acceptors (Lipinski definition) is 7. The van der Waals surface area contributed by atoms with Crippen LogP contribution in [0.5, 0.6) is 5.75 Å². The zero-order valence-corrected chi connectivity index (χ0v) is 22.2. The van der Waals surface area contributed by atoms with Crippen molar-refractivity contribution in [3.8, 4) is 5.75 Å². The van der Waals surface area contributed by atoms with Gasteiger partial charge in [-0.05, 0) is 69.3 Å². The number of likely N-dealkylation sites (N-methyl/N-ethyl adjacent to an activating group) is 1. The van der Waals surface area contributed by atoms with Gasteiger partial charge in [-0.2, -0.15) is 4.31 Å². The van der Waals surface area contributed by atoms with Gasteiger partial charge in [0.2, 0.25) is 10.0 Å². The fourth-order valence-corrected chi connectivity index (χ4v) is 6.73. The van der Waals surface area contributed by atoms with E-state index in [2.05, 4.69) is 6.92 Å². The molecule has 1 atom stereocenters. The van der Waals surface area contributed by atoms with E-state index in [0.29, 0.717) is 48.5 Å². The summed E-state index contributed by atoms with van der Waals surface area (Å²) in [6.45, 7) is 4.25. The van der Waals surface area contributed by atoms with Crippen LogP contribution in [0.1, 0.15) is 30.1 Å². The summed E-state index contributed by atoms with van der Waals surface area (Å²) in [7, 11) is 1.94. The van der Waals surface area contributed by atoms with E-state index in [1.807, 2.05) is 37.2 Å². The van der Waals surface area contributed by atoms with Crippen LogP contribution >= 0.6 is 11.3 Å². The van der Waals surface area contributed by atoms with Crippen LogP contribution in [0.3, 0.4) is 0 Å². The van der Waals surface area contributed by atoms with Crippen molar-refractivity contribution in [1.29, 1.82) is 0 Å². The molecule has 0 radical (unpaired) electrons. The van der Waals surface area contributed by atoms with Crippen molar-refractivity contribution < 1.29 is 17.9 Å². The molecule has 0 bridgehead atoms. The molecule has 0 aliphatic carbocycles. The van der Waals surface area contributed by atoms with Gasteiger partial charge in [0.25, 0.3) is 5.91 Å². The number of piperidine rings is 1. The molecular weight excluding hydrogens is 484 g/mol. The Hall–Kier alpha value is -2.53. The summed E-state index contributed by atoms with van der Waals surface area (Å²) in [5, 5.41) is 0.596. The van der Waals surface area contributed by atoms with Crippen molar-refractivity contribution in [2.45, 2.75) is 24.7 Å². The van der Waals surface area contributed by atoms with Crippen LogP contribution in [0.2, 0.25) is 0 Å². The Balaban J connectivity index is 1.61. The number of ether oxygens (including phenoxy) is 1. The van der Waals surface area contributed by atoms with E-state index in [9.17, 15) is 13.2 Å². The normalized spacial score (nSPS) is 17.1. The van der Waals surface area contributed by atoms with E-state index in [-0.39, 0.29) is 10.8 Å². The Morgan fingerprint density at radius 2 is 1.91 bits per heavy atom. The number of thiazole rings is 1. The van der Waals surface area contributed by atoms with Crippen LogP contribution < -0.4 is 9.64 Å². The lowest BCUT2D eigenvalue weighted by atomic mass is 10.0. The fourth-order valence-electron chi connectivity index (χ4n) is 4.16. The molecule has 0 N–H and O–H groups in total. The summed E-state index contributed by atoms with van der Waals surface area (Å²) >= 11 is 1.44. The molecule has 1 aliphatic rings. The van der Waals surface area contributed by atoms with Crippen molar-refractivity contribution in [1.82, 2.24) is 14.2 Å². The molecule has 1 saturated heterocycles. The lowest BCUT2D eigenvalue weighted by molar-refractivity contribution is 0.0985. The van der Waals surface area contributed by atoms with Gasteiger partial charge < -0.3 is 9.64 Å². The van der Waals surface area contributed by atoms with E-state index in [1.165, 1.54) is 23.5 Å². The first-order valence-corrected chi connectivity index (χ1v) is 14.0. The predicted octanol–water partition coefficient (Wildman–Crippen LogP) is 3.93. The van der Waals surface area contributed by atoms with Crippen molar-refractivity contribution in [3.05, 3.63) is 48.0 Å². The van der Waals surface area contributed by atoms with E-state index >= 15 is 0 Å². The highest BCUT2D eigenvalue weighted by Crippen LogP contribution is 2.32. The maximum atomic E-state index is 13.6. The molecule has 0 spiro atoms. The quantitative estimate of drug-likeness (QED) is 0.451. The van der Waals surface area contributed by atoms with E-state index in [0.717, 1.165) is 23.1 Å². The number of hydrogen-bond donors (Lipinski definition) is 0. The third-order valence-corrected chi connectivity index (χ3v) is 9.13. The standard InChI is InChI=1S/C25H32N4O4S2/c1-18-6-5-13-28(17-18)35(31,32)21-10-7-19(8-11-21)24(30)29(15-14-27(2)3)25-26-22-16-20(33-4)9-12-23(22)34-25/h7-12,16,18H,5-6,13-15,17H2,1-4H3/t18-/m1/s1. The summed E-state index contributed by atoms with van der Waals surface area (Å²) in [5.41, 5.74) is 1.19. The third kappa shape index (κ3) is 5.66. The Kier molecular flexibility index (Phi) is 7.75. The Morgan fingerprint density at radius 1 is 1.17 bits per heavy atom. The SMILES string of the molecule is COc1ccc2sc(N(CCN(C)C)C(=O)c3ccc(S(=O)(=O)N4CCC[C@@H](C)C4)cc3)nc2c1. The predicted molar refractivity (Wildman–Crippen MR) is 140 cm³/mol. The maximum Gasteiger partial charge on any atom is 0.260 e. The van der Waals surface area contributed by atoms with Crippen LogP contribution in [0.4, 0.5) is 5.13 Å². The Morgan fingerprint density at radius 3 is 2.57 bits per heavy atom. The highest BCUT2D eigenvalue weighted by molar-refractivity contribution is 7.89. The molecule has 4 rings (SSSR count). The molecule has 2 aromatic carbocycles. The molecule has 3 aromatic rings. The summed E-state index contributed by atoms with van der Waals surface area (Å²) in [5.74, 6) is 0.840. The van der Waals surface area contributed by atoms with Crippen molar-refractivity contribution in [2.24, 2.45) is 5.92 Å². The maximum absolute atomic E-state index is 13.6. The minimum Gasteiger partial charge on any atom is -0.497 e. The summed E-state index contributed by atoms with van der Waals surface area (Å²) < 4.78 is 34.0. The van der Waals surface area contributed by atoms with Gasteiger partial charge in [0.1, 0.15) is 5.75 Å². The number of aromatic nitrogens is 1. The van der Waals surface area contributed by atoms with Gasteiger partial charge in [-0.25, -0.2) is 13.4 Å². The Labute approximate surface area is 211 Å². The van der Waals surface area contributed by atoms with Crippen molar-refractivity contribution in [3.63, 3.8) is 0 Å². The number of sulfonamides is 1. The van der Waals surface area contributed by atoms with Crippen LogP contribution in [-0.2, 0) is 10.0 Å². The lowest BCUT2D eigenvalue weighted by Crippen LogP contribution is -2.39. The molecule has 188 valence electrons. The second-order valence-electron chi connectivity index (χ2n) is 9.22. The number of methoxy groups -OCH3 is 1. The summed E-state index contributed by atoms with van der Waals surface area (Å²) in [4.78, 5) is 22.1. The number of rotatable bonds is 8. The number of anilines is 1. The van der Waals surface area contributed by atoms with E-state index in [1.54, 1.807) is 28.4 Å². The van der Waals surface area contributed by atoms with Gasteiger partial charge in [0.15, 0.2) is 5.13 Å². The molecule has 0 unspecified atom stereocenters. The van der Waals surface area contributed by atoms with Crippen molar-refractivity contribution in [2.75, 3.05) is 52.3 Å². The van der Waals surface area contributed by atoms with Gasteiger partial charge in [-0.1, -0.05) is 18.3 Å². The fraction of sp³-hybridized carbons (Fsp3) is 0.440. The molecule has 8 nitrogen and oxygen atoms in total. The van der Waals surface area contributed by atoms with Crippen LogP contribution in [0.25, 0.3) is 10.2 Å². The molecule has 0 saturated carbocycles. The van der Waals surface area contributed by atoms with Crippen molar-refractivity contribution >= 4 is 42.6 Å². The number of amides is 1. The molecule has 10 heteroatoms. The number of fused-ring (bicyclic) bond motifs is 1. The minimum absolute atomic E-state index is 0.214. The van der Waals surface area contributed by atoms with E-state index in [4.69, 9.17) is 9.72 Å². The van der Waals surface area contributed by atoms with Gasteiger partial charge in [0, 0.05) is 37.8 Å². The highest BCUT2D eigenvalue weighted by Gasteiger charge is 2.29. The van der Waals surface area contributed by atoms with E-state index < -0.39 is 10.0 Å². The van der Waals surface area contributed by atoms with Gasteiger partial charge in [-0.3, -0.25) is 9.69 Å². The Bertz CT molecular complexity index is 1290. The molecule has 1 aliphatic heterocycles. The first kappa shape index (κ1) is 25.6. The average molecular weight is 517 g/mol. The highest BCUT2D eigenvalue weighted by atomic mass is 32.2. The number of nitrogens with zero attached hydrogens (tertiary/aromatic N) is 4. The first-order chi connectivity index (χ1) is 16.7. The molecule has 1 amide bonds. The van der Waals surface area contributed by atoms with Crippen LogP contribution in [0, 0.1) is 5.92 Å². The third-order valence-electron chi connectivity index (χ3n) is 6.19. The second-order valence-corrected chi connectivity index (χ2v) is 12.2. The molecule has 35 heavy (non-hydrogen) atoms. The monoisotopic (exact) mass is 516 g/mol. The summed E-state index contributed by atoms with van der Waals surface area (Å²) in [6.07, 6.45) is 1.91. The second kappa shape index (κ2) is 10.6. The first-order valence-electron chi connectivity index (χ1n) is 11.7. The van der Waals surface area contributed by atoms with Gasteiger partial charge in [0.05, 0.1) is 22.2 Å². The average Bonchev–Trinajstić information content (AvgIpc) is 3.26. The molecule has 1 aromatic heterocycles. The zero-order valence-electron chi connectivity index (χ0n) is 20.6. The van der Waals surface area contributed by atoms with Gasteiger partial charge >= 0.3 is 0 Å². The minimum atomic E-state index is -3.58. The summed E-state index contributed by atoms with van der Waals surface area (Å²) in [6, 6.07) is 11.9. The number of carbonyl (C=O) groups is 1.